The first-order chi connectivity index (χ1) is 7.61. The summed E-state index contributed by atoms with van der Waals surface area (Å²) in [6, 6.07) is 10.3. The van der Waals surface area contributed by atoms with Crippen molar-refractivity contribution < 1.29 is 0 Å². The van der Waals surface area contributed by atoms with E-state index >= 15 is 0 Å². The summed E-state index contributed by atoms with van der Waals surface area (Å²) in [7, 11) is 1.86. The van der Waals surface area contributed by atoms with Gasteiger partial charge >= 0.3 is 0 Å². The predicted molar refractivity (Wildman–Crippen MR) is 73.4 cm³/mol. The average molecular weight is 217 g/mol. The zero-order valence-corrected chi connectivity index (χ0v) is 10.7. The van der Waals surface area contributed by atoms with Gasteiger partial charge in [0.05, 0.1) is 0 Å². The van der Waals surface area contributed by atoms with Crippen LogP contribution in [-0.4, -0.2) is 7.05 Å². The summed E-state index contributed by atoms with van der Waals surface area (Å²) in [4.78, 5) is 0. The Morgan fingerprint density at radius 3 is 2.06 bits per heavy atom. The molecule has 88 valence electrons. The Balaban J connectivity index is 0.000000288. The second-order valence-electron chi connectivity index (χ2n) is 3.74. The molecule has 16 heavy (non-hydrogen) atoms. The van der Waals surface area contributed by atoms with Crippen LogP contribution < -0.4 is 5.32 Å². The van der Waals surface area contributed by atoms with Gasteiger partial charge in [0.25, 0.3) is 0 Å². The lowest BCUT2D eigenvalue weighted by molar-refractivity contribution is 0.877. The molecule has 0 fully saturated rings. The molecule has 0 heterocycles. The molecule has 0 atom stereocenters. The third-order valence-electron chi connectivity index (χ3n) is 2.22. The van der Waals surface area contributed by atoms with Gasteiger partial charge in [-0.05, 0) is 18.9 Å². The molecule has 1 rings (SSSR count). The lowest BCUT2D eigenvalue weighted by Gasteiger charge is -2.05. The fourth-order valence-electron chi connectivity index (χ4n) is 1.16. The Morgan fingerprint density at radius 2 is 1.75 bits per heavy atom. The van der Waals surface area contributed by atoms with Crippen molar-refractivity contribution in [3.8, 4) is 0 Å². The molecule has 0 radical (unpaired) electrons. The Hall–Kier alpha value is -1.50. The fraction of sp³-hybridized carbons (Fsp3) is 0.333. The topological polar surface area (TPSA) is 12.0 Å². The van der Waals surface area contributed by atoms with Crippen molar-refractivity contribution in [1.29, 1.82) is 0 Å². The molecule has 0 amide bonds. The highest BCUT2D eigenvalue weighted by Gasteiger charge is 1.93. The quantitative estimate of drug-likeness (QED) is 0.750. The lowest BCUT2D eigenvalue weighted by atomic mass is 10.1. The molecule has 0 unspecified atom stereocenters. The minimum atomic E-state index is 0.955. The third-order valence-corrected chi connectivity index (χ3v) is 2.22. The Labute approximate surface area is 99.9 Å². The van der Waals surface area contributed by atoms with Gasteiger partial charge in [-0.2, -0.15) is 0 Å². The maximum absolute atomic E-state index is 3.85. The van der Waals surface area contributed by atoms with Crippen LogP contribution in [0.5, 0.6) is 0 Å². The van der Waals surface area contributed by atoms with E-state index < -0.39 is 0 Å². The van der Waals surface area contributed by atoms with Gasteiger partial charge in [0.1, 0.15) is 0 Å². The number of rotatable bonds is 4. The molecule has 1 aromatic carbocycles. The van der Waals surface area contributed by atoms with Crippen LogP contribution in [0.15, 0.2) is 54.8 Å². The van der Waals surface area contributed by atoms with E-state index in [4.69, 9.17) is 0 Å². The molecular formula is C15H23N. The monoisotopic (exact) mass is 217 g/mol. The molecule has 0 aliphatic rings. The van der Waals surface area contributed by atoms with Crippen LogP contribution in [0, 0.1) is 6.92 Å². The number of hydrogen-bond donors (Lipinski definition) is 1. The second kappa shape index (κ2) is 8.78. The van der Waals surface area contributed by atoms with Crippen LogP contribution in [-0.2, 0) is 0 Å². The normalized spacial score (nSPS) is 8.69. The van der Waals surface area contributed by atoms with Crippen molar-refractivity contribution >= 4 is 0 Å². The molecule has 0 aliphatic carbocycles. The molecule has 1 heteroatoms. The molecule has 0 saturated heterocycles. The zero-order chi connectivity index (χ0) is 12.4. The van der Waals surface area contributed by atoms with Crippen molar-refractivity contribution in [2.75, 3.05) is 7.05 Å². The largest absolute Gasteiger partial charge is 0.388 e. The van der Waals surface area contributed by atoms with E-state index in [-0.39, 0.29) is 0 Å². The molecular weight excluding hydrogens is 194 g/mol. The van der Waals surface area contributed by atoms with Crippen LogP contribution in [0.1, 0.15) is 25.3 Å². The van der Waals surface area contributed by atoms with E-state index in [1.54, 1.807) is 0 Å². The zero-order valence-electron chi connectivity index (χ0n) is 10.7. The lowest BCUT2D eigenvalue weighted by Crippen LogP contribution is -2.05. The van der Waals surface area contributed by atoms with Crippen molar-refractivity contribution in [2.24, 2.45) is 0 Å². The molecule has 1 aromatic rings. The predicted octanol–water partition coefficient (Wildman–Crippen LogP) is 4.07. The molecule has 0 aromatic heterocycles. The van der Waals surface area contributed by atoms with Crippen LogP contribution in [0.4, 0.5) is 0 Å². The van der Waals surface area contributed by atoms with Crippen LogP contribution in [0.3, 0.4) is 0 Å². The van der Waals surface area contributed by atoms with E-state index in [0.717, 1.165) is 24.1 Å². The molecule has 0 aliphatic heterocycles. The van der Waals surface area contributed by atoms with Gasteiger partial charge in [0.2, 0.25) is 0 Å². The maximum atomic E-state index is 3.85. The Morgan fingerprint density at radius 1 is 1.19 bits per heavy atom. The number of hydrogen-bond acceptors (Lipinski definition) is 1. The van der Waals surface area contributed by atoms with Gasteiger partial charge in [-0.3, -0.25) is 0 Å². The summed E-state index contributed by atoms with van der Waals surface area (Å²) in [5.74, 6) is 0. The number of likely N-dealkylation sites (N-methyl/N-ethyl adjacent to an activating group) is 1. The standard InChI is InChI=1S/C8H15N.C7H8/c1-5-6-7(2)8(3)9-4;1-7-5-3-2-4-6-7/h9H,2-3,5-6H2,1,4H3;2-6H,1H3. The number of allylic oxidation sites excluding steroid dienone is 1. The molecule has 0 saturated carbocycles. The smallest absolute Gasteiger partial charge is 0.0291 e. The van der Waals surface area contributed by atoms with Gasteiger partial charge in [-0.1, -0.05) is 62.4 Å². The van der Waals surface area contributed by atoms with Gasteiger partial charge in [0, 0.05) is 12.7 Å². The average Bonchev–Trinajstić information content (AvgIpc) is 2.30. The molecule has 1 N–H and O–H groups in total. The number of nitrogens with one attached hydrogen (secondary N) is 1. The summed E-state index contributed by atoms with van der Waals surface area (Å²) < 4.78 is 0. The van der Waals surface area contributed by atoms with E-state index in [1.807, 2.05) is 25.2 Å². The van der Waals surface area contributed by atoms with Crippen molar-refractivity contribution in [1.82, 2.24) is 5.32 Å². The number of aryl methyl sites for hydroxylation is 1. The van der Waals surface area contributed by atoms with E-state index in [0.29, 0.717) is 0 Å². The Bertz CT molecular complexity index is 311. The van der Waals surface area contributed by atoms with E-state index in [1.165, 1.54) is 5.56 Å². The minimum absolute atomic E-state index is 0.955. The van der Waals surface area contributed by atoms with Crippen molar-refractivity contribution in [3.63, 3.8) is 0 Å². The number of benzene rings is 1. The second-order valence-corrected chi connectivity index (χ2v) is 3.74. The SMILES string of the molecule is C=C(CCC)C(=C)NC.Cc1ccccc1. The van der Waals surface area contributed by atoms with Gasteiger partial charge < -0.3 is 5.32 Å². The first kappa shape index (κ1) is 14.5. The van der Waals surface area contributed by atoms with Crippen LogP contribution in [0.25, 0.3) is 0 Å². The highest BCUT2D eigenvalue weighted by atomic mass is 14.8. The summed E-state index contributed by atoms with van der Waals surface area (Å²) in [6.45, 7) is 11.9. The molecule has 0 bridgehead atoms. The van der Waals surface area contributed by atoms with Crippen LogP contribution in [0.2, 0.25) is 0 Å². The highest BCUT2D eigenvalue weighted by molar-refractivity contribution is 5.22. The summed E-state index contributed by atoms with van der Waals surface area (Å²) in [5, 5.41) is 2.96. The summed E-state index contributed by atoms with van der Waals surface area (Å²) in [5.41, 5.74) is 3.39. The van der Waals surface area contributed by atoms with E-state index in [9.17, 15) is 0 Å². The third kappa shape index (κ3) is 6.88. The van der Waals surface area contributed by atoms with Gasteiger partial charge in [-0.15, -0.1) is 0 Å². The van der Waals surface area contributed by atoms with Gasteiger partial charge in [-0.25, -0.2) is 0 Å². The first-order valence-electron chi connectivity index (χ1n) is 5.68. The first-order valence-corrected chi connectivity index (χ1v) is 5.68. The molecule has 0 spiro atoms. The summed E-state index contributed by atoms with van der Waals surface area (Å²) >= 11 is 0. The van der Waals surface area contributed by atoms with Crippen LogP contribution >= 0.6 is 0 Å². The maximum Gasteiger partial charge on any atom is 0.0291 e. The molecule has 1 nitrogen and oxygen atoms in total. The summed E-state index contributed by atoms with van der Waals surface area (Å²) in [6.07, 6.45) is 2.18. The minimum Gasteiger partial charge on any atom is -0.388 e. The fourth-order valence-corrected chi connectivity index (χ4v) is 1.16. The van der Waals surface area contributed by atoms with Gasteiger partial charge in [0.15, 0.2) is 0 Å². The Kier molecular flexibility index (Phi) is 7.96. The van der Waals surface area contributed by atoms with E-state index in [2.05, 4.69) is 44.5 Å². The van der Waals surface area contributed by atoms with Crippen molar-refractivity contribution in [3.05, 3.63) is 60.3 Å². The highest BCUT2D eigenvalue weighted by Crippen LogP contribution is 2.07. The van der Waals surface area contributed by atoms with Crippen molar-refractivity contribution in [2.45, 2.75) is 26.7 Å².